The number of allylic oxidation sites excluding steroid dienone is 1. The fraction of sp³-hybridized carbons (Fsp3) is 0.370. The van der Waals surface area contributed by atoms with E-state index in [1.54, 1.807) is 0 Å². The molecule has 2 aliphatic rings. The molecule has 0 radical (unpaired) electrons. The number of hydrogen-bond donors (Lipinski definition) is 1. The maximum atomic E-state index is 11.7. The van der Waals surface area contributed by atoms with Crippen molar-refractivity contribution in [3.63, 3.8) is 0 Å². The average molecular weight is 444 g/mol. The number of carbonyl (C=O) groups excluding carboxylic acids is 1. The van der Waals surface area contributed by atoms with Gasteiger partial charge in [-0.2, -0.15) is 4.98 Å². The zero-order valence-electron chi connectivity index (χ0n) is 19.5. The van der Waals surface area contributed by atoms with Crippen LogP contribution >= 0.6 is 0 Å². The van der Waals surface area contributed by atoms with Crippen molar-refractivity contribution in [2.45, 2.75) is 39.0 Å². The summed E-state index contributed by atoms with van der Waals surface area (Å²) < 4.78 is 0. The molecular formula is C27H33N5O. The van der Waals surface area contributed by atoms with Crippen LogP contribution in [0.2, 0.25) is 0 Å². The van der Waals surface area contributed by atoms with Crippen LogP contribution in [0.4, 0.5) is 17.5 Å². The second-order valence-corrected chi connectivity index (χ2v) is 8.83. The standard InChI is InChI=1S/C27H33N5O/c1-4-6-7-9-21-10-8-11-24(16-21)29-27-28-17-23-13-12-20(3)32(26(23)30-27)15-14-22-18-31(19-22)25(33)5-2/h5,8,10-13,16-17,22H,2-4,6-7,9,14-15,18-19H2,1H3,(H,28,29,30). The van der Waals surface area contributed by atoms with Crippen molar-refractivity contribution < 1.29 is 4.79 Å². The minimum Gasteiger partial charge on any atom is -0.338 e. The second kappa shape index (κ2) is 10.5. The fourth-order valence-electron chi connectivity index (χ4n) is 4.32. The first-order valence-electron chi connectivity index (χ1n) is 11.9. The number of likely N-dealkylation sites (tertiary alicyclic amines) is 1. The van der Waals surface area contributed by atoms with Gasteiger partial charge < -0.3 is 15.1 Å². The predicted molar refractivity (Wildman–Crippen MR) is 135 cm³/mol. The molecule has 6 heteroatoms. The van der Waals surface area contributed by atoms with Gasteiger partial charge in [-0.3, -0.25) is 4.79 Å². The maximum Gasteiger partial charge on any atom is 0.245 e. The lowest BCUT2D eigenvalue weighted by Crippen LogP contribution is -2.50. The van der Waals surface area contributed by atoms with E-state index in [9.17, 15) is 4.79 Å². The fourth-order valence-corrected chi connectivity index (χ4v) is 4.32. The van der Waals surface area contributed by atoms with E-state index in [0.717, 1.165) is 55.2 Å². The smallest absolute Gasteiger partial charge is 0.245 e. The van der Waals surface area contributed by atoms with E-state index >= 15 is 0 Å². The van der Waals surface area contributed by atoms with Crippen LogP contribution in [0.15, 0.2) is 61.5 Å². The molecule has 1 fully saturated rings. The molecule has 0 unspecified atom stereocenters. The van der Waals surface area contributed by atoms with Gasteiger partial charge in [0, 0.05) is 42.8 Å². The Morgan fingerprint density at radius 1 is 1.27 bits per heavy atom. The summed E-state index contributed by atoms with van der Waals surface area (Å²) in [6, 6.07) is 8.49. The molecule has 0 bridgehead atoms. The van der Waals surface area contributed by atoms with Gasteiger partial charge in [0.05, 0.1) is 0 Å². The Labute approximate surface area is 196 Å². The van der Waals surface area contributed by atoms with Crippen LogP contribution < -0.4 is 10.2 Å². The number of anilines is 3. The topological polar surface area (TPSA) is 61.4 Å². The third-order valence-corrected chi connectivity index (χ3v) is 6.31. The normalized spacial score (nSPS) is 15.2. The van der Waals surface area contributed by atoms with Gasteiger partial charge in [-0.25, -0.2) is 4.98 Å². The van der Waals surface area contributed by atoms with Crippen molar-refractivity contribution in [1.82, 2.24) is 14.9 Å². The van der Waals surface area contributed by atoms with E-state index in [-0.39, 0.29) is 5.91 Å². The molecule has 0 saturated carbocycles. The molecule has 1 aromatic heterocycles. The van der Waals surface area contributed by atoms with Gasteiger partial charge in [0.15, 0.2) is 0 Å². The number of nitrogens with one attached hydrogen (secondary N) is 1. The van der Waals surface area contributed by atoms with Crippen LogP contribution in [0, 0.1) is 5.92 Å². The van der Waals surface area contributed by atoms with Crippen LogP contribution in [0.3, 0.4) is 0 Å². The van der Waals surface area contributed by atoms with Gasteiger partial charge in [0.25, 0.3) is 0 Å². The lowest BCUT2D eigenvalue weighted by Gasteiger charge is -2.40. The number of rotatable bonds is 10. The highest BCUT2D eigenvalue weighted by Crippen LogP contribution is 2.31. The first kappa shape index (κ1) is 22.8. The van der Waals surface area contributed by atoms with Crippen molar-refractivity contribution >= 4 is 29.4 Å². The maximum absolute atomic E-state index is 11.7. The molecule has 172 valence electrons. The van der Waals surface area contributed by atoms with Gasteiger partial charge in [0.1, 0.15) is 5.82 Å². The van der Waals surface area contributed by atoms with Crippen LogP contribution in [0.5, 0.6) is 0 Å². The molecule has 1 amide bonds. The zero-order chi connectivity index (χ0) is 23.2. The number of benzene rings is 1. The van der Waals surface area contributed by atoms with Crippen molar-refractivity contribution in [1.29, 1.82) is 0 Å². The highest BCUT2D eigenvalue weighted by atomic mass is 16.2. The minimum absolute atomic E-state index is 0.0137. The number of nitrogens with zero attached hydrogens (tertiary/aromatic N) is 4. The summed E-state index contributed by atoms with van der Waals surface area (Å²) in [5, 5.41) is 3.38. The van der Waals surface area contributed by atoms with Crippen molar-refractivity contribution in [2.75, 3.05) is 29.9 Å². The predicted octanol–water partition coefficient (Wildman–Crippen LogP) is 5.33. The summed E-state index contributed by atoms with van der Waals surface area (Å²) in [6.45, 7) is 12.4. The van der Waals surface area contributed by atoms with Crippen LogP contribution in [-0.4, -0.2) is 40.4 Å². The molecule has 1 aromatic carbocycles. The quantitative estimate of drug-likeness (QED) is 0.397. The van der Waals surface area contributed by atoms with Crippen molar-refractivity contribution in [3.05, 3.63) is 72.6 Å². The molecule has 0 aliphatic carbocycles. The number of aromatic nitrogens is 2. The van der Waals surface area contributed by atoms with Crippen molar-refractivity contribution in [2.24, 2.45) is 5.92 Å². The molecule has 1 N–H and O–H groups in total. The summed E-state index contributed by atoms with van der Waals surface area (Å²) in [4.78, 5) is 25.0. The Morgan fingerprint density at radius 3 is 2.91 bits per heavy atom. The number of aryl methyl sites for hydroxylation is 1. The molecule has 0 spiro atoms. The molecule has 1 saturated heterocycles. The Kier molecular flexibility index (Phi) is 7.23. The molecular weight excluding hydrogens is 410 g/mol. The van der Waals surface area contributed by atoms with Gasteiger partial charge in [-0.1, -0.05) is 45.1 Å². The number of unbranched alkanes of at least 4 members (excludes halogenated alkanes) is 2. The number of carbonyl (C=O) groups is 1. The van der Waals surface area contributed by atoms with E-state index in [1.807, 2.05) is 23.2 Å². The molecule has 6 nitrogen and oxygen atoms in total. The van der Waals surface area contributed by atoms with E-state index in [2.05, 4.69) is 59.5 Å². The summed E-state index contributed by atoms with van der Waals surface area (Å²) in [5.41, 5.74) is 4.23. The molecule has 2 aliphatic heterocycles. The lowest BCUT2D eigenvalue weighted by atomic mass is 9.95. The van der Waals surface area contributed by atoms with Crippen LogP contribution in [0.25, 0.3) is 6.08 Å². The van der Waals surface area contributed by atoms with E-state index < -0.39 is 0 Å². The third-order valence-electron chi connectivity index (χ3n) is 6.31. The first-order chi connectivity index (χ1) is 16.1. The third kappa shape index (κ3) is 5.51. The Hall–Kier alpha value is -3.41. The lowest BCUT2D eigenvalue weighted by molar-refractivity contribution is -0.132. The van der Waals surface area contributed by atoms with Crippen LogP contribution in [0.1, 0.15) is 43.7 Å². The van der Waals surface area contributed by atoms with E-state index in [0.29, 0.717) is 11.9 Å². The highest BCUT2D eigenvalue weighted by molar-refractivity contribution is 5.87. The van der Waals surface area contributed by atoms with Gasteiger partial charge >= 0.3 is 0 Å². The van der Waals surface area contributed by atoms with E-state index in [1.165, 1.54) is 30.9 Å². The molecule has 3 heterocycles. The first-order valence-corrected chi connectivity index (χ1v) is 11.9. The Bertz CT molecular complexity index is 1050. The Balaban J connectivity index is 1.42. The van der Waals surface area contributed by atoms with E-state index in [4.69, 9.17) is 4.98 Å². The summed E-state index contributed by atoms with van der Waals surface area (Å²) in [5.74, 6) is 1.96. The molecule has 33 heavy (non-hydrogen) atoms. The molecule has 2 aromatic rings. The zero-order valence-corrected chi connectivity index (χ0v) is 19.5. The largest absolute Gasteiger partial charge is 0.338 e. The van der Waals surface area contributed by atoms with Gasteiger partial charge in [-0.15, -0.1) is 0 Å². The number of hydrogen-bond acceptors (Lipinski definition) is 5. The summed E-state index contributed by atoms with van der Waals surface area (Å²) in [7, 11) is 0. The highest BCUT2D eigenvalue weighted by Gasteiger charge is 2.30. The average Bonchev–Trinajstić information content (AvgIpc) is 2.79. The molecule has 0 atom stereocenters. The summed E-state index contributed by atoms with van der Waals surface area (Å²) >= 11 is 0. The van der Waals surface area contributed by atoms with Crippen LogP contribution in [-0.2, 0) is 11.2 Å². The number of fused-ring (bicyclic) bond motifs is 1. The van der Waals surface area contributed by atoms with Gasteiger partial charge in [-0.05, 0) is 61.1 Å². The second-order valence-electron chi connectivity index (χ2n) is 8.83. The summed E-state index contributed by atoms with van der Waals surface area (Å²) in [6.07, 6.45) is 13.0. The van der Waals surface area contributed by atoms with Crippen molar-refractivity contribution in [3.8, 4) is 0 Å². The Morgan fingerprint density at radius 2 is 2.12 bits per heavy atom. The van der Waals surface area contributed by atoms with Gasteiger partial charge in [0.2, 0.25) is 11.9 Å². The SMILES string of the molecule is C=CC(=O)N1CC(CCN2C(=C)C=Cc3cnc(Nc4cccc(CCCCC)c4)nc32)C1. The minimum atomic E-state index is 0.0137. The monoisotopic (exact) mass is 443 g/mol. The number of amides is 1. The molecule has 4 rings (SSSR count).